The first-order chi connectivity index (χ1) is 12.8. The number of aromatic nitrogens is 1. The predicted molar refractivity (Wildman–Crippen MR) is 89.5 cm³/mol. The van der Waals surface area contributed by atoms with Gasteiger partial charge in [-0.05, 0) is 18.9 Å². The molecule has 12 nitrogen and oxygen atoms in total. The van der Waals surface area contributed by atoms with E-state index in [1.165, 1.54) is 17.7 Å². The number of rotatable bonds is 4. The number of nitrogens with one attached hydrogen (secondary N) is 1. The molecular formula is C15H13N5O7. The number of hydrogen-bond donors (Lipinski definition) is 0. The van der Waals surface area contributed by atoms with Crippen LogP contribution in [0.3, 0.4) is 0 Å². The average Bonchev–Trinajstić information content (AvgIpc) is 3.17. The van der Waals surface area contributed by atoms with E-state index < -0.39 is 37.6 Å². The van der Waals surface area contributed by atoms with Crippen molar-refractivity contribution < 1.29 is 24.9 Å². The molecule has 0 bridgehead atoms. The Bertz CT molecular complexity index is 879. The summed E-state index contributed by atoms with van der Waals surface area (Å²) in [5.41, 5.74) is -0.772. The fourth-order valence-corrected chi connectivity index (χ4v) is 2.31. The van der Waals surface area contributed by atoms with Gasteiger partial charge < -0.3 is 5.11 Å². The third kappa shape index (κ3) is 4.78. The van der Waals surface area contributed by atoms with E-state index in [1.54, 1.807) is 0 Å². The number of nitrogens with zero attached hydrogens (tertiary/aromatic N) is 4. The van der Waals surface area contributed by atoms with Gasteiger partial charge in [0.15, 0.2) is 12.4 Å². The standard InChI is InChI=1S/C9H10N2.C6H3N3O7/c1-3-8(7-10-5-1)9-4-2-6-11-9;10-6-4(8(13)14)1-3(7(11)12)2-5(6)9(15)16/h1,3,5,7H,2,4,6H2;1-2,10H. The van der Waals surface area contributed by atoms with E-state index in [4.69, 9.17) is 0 Å². The van der Waals surface area contributed by atoms with E-state index in [2.05, 4.69) is 16.0 Å². The lowest BCUT2D eigenvalue weighted by Crippen LogP contribution is -2.05. The summed E-state index contributed by atoms with van der Waals surface area (Å²) >= 11 is 0. The van der Waals surface area contributed by atoms with Crippen LogP contribution in [0.4, 0.5) is 17.1 Å². The van der Waals surface area contributed by atoms with Crippen molar-refractivity contribution in [2.24, 2.45) is 4.99 Å². The third-order valence-electron chi connectivity index (χ3n) is 3.55. The minimum absolute atomic E-state index is 0.384. The van der Waals surface area contributed by atoms with E-state index in [9.17, 15) is 35.4 Å². The van der Waals surface area contributed by atoms with E-state index in [-0.39, 0.29) is 0 Å². The second-order valence-electron chi connectivity index (χ2n) is 5.31. The summed E-state index contributed by atoms with van der Waals surface area (Å²) in [4.78, 5) is 35.0. The van der Waals surface area contributed by atoms with Crippen molar-refractivity contribution >= 4 is 22.8 Å². The van der Waals surface area contributed by atoms with E-state index in [1.807, 2.05) is 18.5 Å². The molecule has 1 aliphatic rings. The lowest BCUT2D eigenvalue weighted by atomic mass is 10.1. The highest BCUT2D eigenvalue weighted by Crippen LogP contribution is 2.36. The van der Waals surface area contributed by atoms with Crippen molar-refractivity contribution in [2.75, 3.05) is 6.54 Å². The van der Waals surface area contributed by atoms with Crippen LogP contribution in [-0.2, 0) is 0 Å². The number of nitro groups is 3. The molecule has 0 unspecified atom stereocenters. The number of aromatic amines is 1. The maximum absolute atomic E-state index is 11.1. The smallest absolute Gasteiger partial charge is 0.283 e. The van der Waals surface area contributed by atoms with Crippen LogP contribution in [0.15, 0.2) is 41.7 Å². The van der Waals surface area contributed by atoms with Gasteiger partial charge in [0, 0.05) is 18.3 Å². The molecule has 0 spiro atoms. The number of pyridine rings is 1. The van der Waals surface area contributed by atoms with Gasteiger partial charge in [-0.25, -0.2) is 4.98 Å². The number of hydrogen-bond acceptors (Lipinski definition) is 8. The average molecular weight is 375 g/mol. The SMILES string of the molecule is O=[N+]([O-])c1cc([N+](=O)[O-])c([O-])c([N+](=O)[O-])c1.c1c[nH+]cc(C2=NCCC2)c1. The second kappa shape index (κ2) is 8.42. The molecular weight excluding hydrogens is 362 g/mol. The van der Waals surface area contributed by atoms with Gasteiger partial charge in [-0.1, -0.05) is 0 Å². The van der Waals surface area contributed by atoms with Gasteiger partial charge in [0.2, 0.25) is 0 Å². The van der Waals surface area contributed by atoms with Crippen LogP contribution in [-0.4, -0.2) is 27.0 Å². The van der Waals surface area contributed by atoms with Gasteiger partial charge in [-0.3, -0.25) is 35.3 Å². The maximum atomic E-state index is 11.1. The minimum atomic E-state index is -1.46. The molecule has 0 saturated carbocycles. The molecule has 1 N–H and O–H groups in total. The Morgan fingerprint density at radius 1 is 1.00 bits per heavy atom. The fourth-order valence-electron chi connectivity index (χ4n) is 2.31. The van der Waals surface area contributed by atoms with E-state index in [0.29, 0.717) is 12.1 Å². The summed E-state index contributed by atoms with van der Waals surface area (Å²) in [6.07, 6.45) is 6.27. The van der Waals surface area contributed by atoms with Gasteiger partial charge in [-0.2, -0.15) is 0 Å². The molecule has 0 radical (unpaired) electrons. The summed E-state index contributed by atoms with van der Waals surface area (Å²) in [6.45, 7) is 1.00. The number of non-ortho nitro benzene ring substituents is 1. The van der Waals surface area contributed by atoms with Crippen molar-refractivity contribution in [3.05, 3.63) is 72.6 Å². The summed E-state index contributed by atoms with van der Waals surface area (Å²) in [7, 11) is 0. The highest BCUT2D eigenvalue weighted by molar-refractivity contribution is 6.00. The molecule has 0 fully saturated rings. The Labute approximate surface area is 151 Å². The number of benzene rings is 1. The first-order valence-corrected chi connectivity index (χ1v) is 7.59. The molecule has 140 valence electrons. The second-order valence-corrected chi connectivity index (χ2v) is 5.31. The molecule has 1 aromatic heterocycles. The van der Waals surface area contributed by atoms with Gasteiger partial charge in [0.25, 0.3) is 17.1 Å². The summed E-state index contributed by atoms with van der Waals surface area (Å²) in [5, 5.41) is 42.1. The Kier molecular flexibility index (Phi) is 6.04. The Balaban J connectivity index is 0.000000206. The highest BCUT2D eigenvalue weighted by atomic mass is 16.6. The van der Waals surface area contributed by atoms with Crippen LogP contribution in [0.5, 0.6) is 5.75 Å². The molecule has 1 aromatic carbocycles. The highest BCUT2D eigenvalue weighted by Gasteiger charge is 2.24. The molecule has 0 aliphatic carbocycles. The molecule has 0 atom stereocenters. The van der Waals surface area contributed by atoms with E-state index >= 15 is 0 Å². The number of nitro benzene ring substituents is 3. The van der Waals surface area contributed by atoms with Gasteiger partial charge in [-0.15, -0.1) is 0 Å². The maximum Gasteiger partial charge on any atom is 0.283 e. The molecule has 27 heavy (non-hydrogen) atoms. The zero-order valence-corrected chi connectivity index (χ0v) is 13.7. The molecule has 0 saturated heterocycles. The lowest BCUT2D eigenvalue weighted by Gasteiger charge is -2.06. The first kappa shape index (κ1) is 19.4. The molecule has 2 aromatic rings. The largest absolute Gasteiger partial charge is 0.863 e. The van der Waals surface area contributed by atoms with Crippen molar-refractivity contribution in [3.8, 4) is 5.75 Å². The Morgan fingerprint density at radius 3 is 2.04 bits per heavy atom. The van der Waals surface area contributed by atoms with E-state index in [0.717, 1.165) is 13.0 Å². The molecule has 3 rings (SSSR count). The lowest BCUT2D eigenvalue weighted by molar-refractivity contribution is -0.420. The Morgan fingerprint density at radius 2 is 1.63 bits per heavy atom. The van der Waals surface area contributed by atoms with Crippen LogP contribution >= 0.6 is 0 Å². The summed E-state index contributed by atoms with van der Waals surface area (Å²) in [5.74, 6) is -1.46. The van der Waals surface area contributed by atoms with Crippen LogP contribution in [0.2, 0.25) is 0 Å². The van der Waals surface area contributed by atoms with Crippen molar-refractivity contribution in [3.63, 3.8) is 0 Å². The molecule has 1 aliphatic heterocycles. The quantitative estimate of drug-likeness (QED) is 0.574. The number of H-pyrrole nitrogens is 1. The Hall–Kier alpha value is -3.96. The van der Waals surface area contributed by atoms with Crippen molar-refractivity contribution in [2.45, 2.75) is 12.8 Å². The molecule has 0 amide bonds. The normalized spacial score (nSPS) is 12.5. The van der Waals surface area contributed by atoms with Crippen LogP contribution in [0, 0.1) is 30.3 Å². The van der Waals surface area contributed by atoms with Gasteiger partial charge >= 0.3 is 0 Å². The number of aliphatic imine (C=N–C) groups is 1. The zero-order chi connectivity index (χ0) is 20.0. The monoisotopic (exact) mass is 375 g/mol. The third-order valence-corrected chi connectivity index (χ3v) is 3.55. The van der Waals surface area contributed by atoms with Crippen LogP contribution in [0.1, 0.15) is 18.4 Å². The predicted octanol–water partition coefficient (Wildman–Crippen LogP) is 1.57. The topological polar surface area (TPSA) is 179 Å². The summed E-state index contributed by atoms with van der Waals surface area (Å²) in [6, 6.07) is 4.88. The molecule has 2 heterocycles. The minimum Gasteiger partial charge on any atom is -0.863 e. The fraction of sp³-hybridized carbons (Fsp3) is 0.200. The first-order valence-electron chi connectivity index (χ1n) is 7.59. The molecule has 12 heteroatoms. The van der Waals surface area contributed by atoms with Gasteiger partial charge in [0.05, 0.1) is 38.2 Å². The van der Waals surface area contributed by atoms with Crippen molar-refractivity contribution in [1.82, 2.24) is 0 Å². The zero-order valence-electron chi connectivity index (χ0n) is 13.7. The van der Waals surface area contributed by atoms with Crippen molar-refractivity contribution in [1.29, 1.82) is 0 Å². The van der Waals surface area contributed by atoms with Gasteiger partial charge in [0.1, 0.15) is 0 Å². The van der Waals surface area contributed by atoms with Crippen LogP contribution < -0.4 is 10.1 Å². The summed E-state index contributed by atoms with van der Waals surface area (Å²) < 4.78 is 0. The van der Waals surface area contributed by atoms with Crippen LogP contribution in [0.25, 0.3) is 0 Å².